The molecule has 1 aromatic rings. The van der Waals surface area contributed by atoms with Crippen molar-refractivity contribution in [1.82, 2.24) is 10.2 Å². The average molecular weight is 280 g/mol. The molecule has 0 aromatic heterocycles. The summed E-state index contributed by atoms with van der Waals surface area (Å²) in [5.41, 5.74) is 1.07. The first-order valence-electron chi connectivity index (χ1n) is 6.65. The Morgan fingerprint density at radius 2 is 2.05 bits per heavy atom. The van der Waals surface area contributed by atoms with Crippen LogP contribution in [0.4, 0.5) is 0 Å². The van der Waals surface area contributed by atoms with E-state index in [1.165, 1.54) is 0 Å². The molecule has 0 aliphatic heterocycles. The monoisotopic (exact) mass is 280 g/mol. The Bertz CT molecular complexity index is 423. The topological polar surface area (TPSA) is 50.8 Å². The number of benzene rings is 1. The number of ether oxygens (including phenoxy) is 2. The van der Waals surface area contributed by atoms with Gasteiger partial charge in [0, 0.05) is 25.3 Å². The lowest BCUT2D eigenvalue weighted by atomic mass is 10.2. The molecule has 0 radical (unpaired) electrons. The number of nitrogens with zero attached hydrogens (tertiary/aromatic N) is 1. The van der Waals surface area contributed by atoms with Gasteiger partial charge in [-0.25, -0.2) is 0 Å². The van der Waals surface area contributed by atoms with Gasteiger partial charge in [-0.05, 0) is 20.0 Å². The lowest BCUT2D eigenvalue weighted by Crippen LogP contribution is -2.41. The van der Waals surface area contributed by atoms with Gasteiger partial charge in [-0.1, -0.05) is 18.2 Å². The molecule has 5 heteroatoms. The molecule has 5 nitrogen and oxygen atoms in total. The molecule has 0 aliphatic rings. The fourth-order valence-corrected chi connectivity index (χ4v) is 2.04. The van der Waals surface area contributed by atoms with Crippen molar-refractivity contribution in [1.29, 1.82) is 0 Å². The van der Waals surface area contributed by atoms with Crippen LogP contribution >= 0.6 is 0 Å². The van der Waals surface area contributed by atoms with Crippen LogP contribution in [0.5, 0.6) is 5.75 Å². The quantitative estimate of drug-likeness (QED) is 0.779. The van der Waals surface area contributed by atoms with Crippen LogP contribution in [-0.2, 0) is 16.1 Å². The zero-order chi connectivity index (χ0) is 15.0. The number of carbonyl (C=O) groups is 1. The van der Waals surface area contributed by atoms with E-state index < -0.39 is 0 Å². The number of hydrogen-bond donors (Lipinski definition) is 1. The first-order chi connectivity index (χ1) is 9.56. The fourth-order valence-electron chi connectivity index (χ4n) is 2.04. The molecule has 20 heavy (non-hydrogen) atoms. The van der Waals surface area contributed by atoms with E-state index in [1.54, 1.807) is 14.2 Å². The van der Waals surface area contributed by atoms with Gasteiger partial charge in [0.2, 0.25) is 5.91 Å². The Kier molecular flexibility index (Phi) is 7.04. The minimum absolute atomic E-state index is 0.00746. The molecule has 1 aromatic carbocycles. The van der Waals surface area contributed by atoms with Crippen LogP contribution < -0.4 is 10.1 Å². The standard InChI is InChI=1S/C15H24N2O3/c1-12(11-19-3)16-15(18)10-17(2)9-13-7-5-6-8-14(13)20-4/h5-8,12H,9-11H2,1-4H3,(H,16,18)/t12-/m0/s1. The molecule has 1 atom stereocenters. The first-order valence-corrected chi connectivity index (χ1v) is 6.65. The lowest BCUT2D eigenvalue weighted by Gasteiger charge is -2.19. The second kappa shape index (κ2) is 8.55. The SMILES string of the molecule is COC[C@H](C)NC(=O)CN(C)Cc1ccccc1OC. The van der Waals surface area contributed by atoms with E-state index in [1.807, 2.05) is 43.1 Å². The molecule has 1 rings (SSSR count). The molecule has 1 N–H and O–H groups in total. The van der Waals surface area contributed by atoms with Crippen LogP contribution in [-0.4, -0.2) is 51.3 Å². The predicted octanol–water partition coefficient (Wildman–Crippen LogP) is 1.28. The van der Waals surface area contributed by atoms with Crippen LogP contribution in [0.2, 0.25) is 0 Å². The highest BCUT2D eigenvalue weighted by Gasteiger charge is 2.11. The highest BCUT2D eigenvalue weighted by molar-refractivity contribution is 5.78. The highest BCUT2D eigenvalue weighted by atomic mass is 16.5. The first kappa shape index (κ1) is 16.5. The molecule has 0 aliphatic carbocycles. The molecule has 0 saturated heterocycles. The Balaban J connectivity index is 2.46. The Hall–Kier alpha value is -1.59. The van der Waals surface area contributed by atoms with Crippen LogP contribution in [0.15, 0.2) is 24.3 Å². The molecule has 1 amide bonds. The third-order valence-corrected chi connectivity index (χ3v) is 2.87. The van der Waals surface area contributed by atoms with Gasteiger partial charge in [0.1, 0.15) is 5.75 Å². The van der Waals surface area contributed by atoms with Crippen molar-refractivity contribution < 1.29 is 14.3 Å². The number of amides is 1. The Morgan fingerprint density at radius 3 is 2.70 bits per heavy atom. The number of methoxy groups -OCH3 is 2. The van der Waals surface area contributed by atoms with E-state index in [2.05, 4.69) is 5.32 Å². The minimum atomic E-state index is -0.00746. The van der Waals surface area contributed by atoms with E-state index in [0.717, 1.165) is 11.3 Å². The molecule has 0 spiro atoms. The van der Waals surface area contributed by atoms with Crippen molar-refractivity contribution in [2.75, 3.05) is 34.4 Å². The van der Waals surface area contributed by atoms with Gasteiger partial charge in [0.25, 0.3) is 0 Å². The molecule has 0 heterocycles. The summed E-state index contributed by atoms with van der Waals surface area (Å²) in [6.45, 7) is 3.44. The van der Waals surface area contributed by atoms with Crippen molar-refractivity contribution in [3.63, 3.8) is 0 Å². The van der Waals surface area contributed by atoms with Gasteiger partial charge in [-0.2, -0.15) is 0 Å². The molecule has 0 fully saturated rings. The molecule has 0 bridgehead atoms. The average Bonchev–Trinajstić information content (AvgIpc) is 2.39. The second-order valence-corrected chi connectivity index (χ2v) is 4.91. The summed E-state index contributed by atoms with van der Waals surface area (Å²) in [5.74, 6) is 0.833. The largest absolute Gasteiger partial charge is 0.496 e. The molecule has 112 valence electrons. The Labute approximate surface area is 120 Å². The molecular formula is C15H24N2O3. The third kappa shape index (κ3) is 5.59. The van der Waals surface area contributed by atoms with Gasteiger partial charge in [-0.3, -0.25) is 9.69 Å². The van der Waals surface area contributed by atoms with E-state index in [4.69, 9.17) is 9.47 Å². The van der Waals surface area contributed by atoms with Gasteiger partial charge in [-0.15, -0.1) is 0 Å². The predicted molar refractivity (Wildman–Crippen MR) is 78.8 cm³/mol. The van der Waals surface area contributed by atoms with E-state index in [0.29, 0.717) is 19.7 Å². The summed E-state index contributed by atoms with van der Waals surface area (Å²) >= 11 is 0. The lowest BCUT2D eigenvalue weighted by molar-refractivity contribution is -0.123. The van der Waals surface area contributed by atoms with Gasteiger partial charge in [0.15, 0.2) is 0 Å². The number of likely N-dealkylation sites (N-methyl/N-ethyl adjacent to an activating group) is 1. The maximum atomic E-state index is 11.8. The normalized spacial score (nSPS) is 12.2. The maximum absolute atomic E-state index is 11.8. The number of rotatable bonds is 8. The second-order valence-electron chi connectivity index (χ2n) is 4.91. The van der Waals surface area contributed by atoms with Crippen molar-refractivity contribution >= 4 is 5.91 Å². The van der Waals surface area contributed by atoms with E-state index >= 15 is 0 Å². The number of para-hydroxylation sites is 1. The van der Waals surface area contributed by atoms with Crippen molar-refractivity contribution in [3.8, 4) is 5.75 Å². The van der Waals surface area contributed by atoms with Crippen LogP contribution in [0.25, 0.3) is 0 Å². The minimum Gasteiger partial charge on any atom is -0.496 e. The molecule has 0 unspecified atom stereocenters. The molecule has 0 saturated carbocycles. The van der Waals surface area contributed by atoms with Crippen LogP contribution in [0, 0.1) is 0 Å². The summed E-state index contributed by atoms with van der Waals surface area (Å²) in [6.07, 6.45) is 0. The van der Waals surface area contributed by atoms with Crippen molar-refractivity contribution in [3.05, 3.63) is 29.8 Å². The zero-order valence-electron chi connectivity index (χ0n) is 12.7. The zero-order valence-corrected chi connectivity index (χ0v) is 12.7. The smallest absolute Gasteiger partial charge is 0.234 e. The van der Waals surface area contributed by atoms with E-state index in [9.17, 15) is 4.79 Å². The van der Waals surface area contributed by atoms with Gasteiger partial charge in [0.05, 0.1) is 20.3 Å². The summed E-state index contributed by atoms with van der Waals surface area (Å²) in [7, 11) is 5.18. The van der Waals surface area contributed by atoms with Gasteiger partial charge < -0.3 is 14.8 Å². The van der Waals surface area contributed by atoms with Crippen LogP contribution in [0.3, 0.4) is 0 Å². The summed E-state index contributed by atoms with van der Waals surface area (Å²) < 4.78 is 10.3. The third-order valence-electron chi connectivity index (χ3n) is 2.87. The maximum Gasteiger partial charge on any atom is 0.234 e. The molecular weight excluding hydrogens is 256 g/mol. The number of hydrogen-bond acceptors (Lipinski definition) is 4. The summed E-state index contributed by atoms with van der Waals surface area (Å²) in [5, 5.41) is 2.89. The van der Waals surface area contributed by atoms with Crippen LogP contribution in [0.1, 0.15) is 12.5 Å². The number of nitrogens with one attached hydrogen (secondary N) is 1. The van der Waals surface area contributed by atoms with E-state index in [-0.39, 0.29) is 11.9 Å². The Morgan fingerprint density at radius 1 is 1.35 bits per heavy atom. The van der Waals surface area contributed by atoms with Crippen molar-refractivity contribution in [2.45, 2.75) is 19.5 Å². The highest BCUT2D eigenvalue weighted by Crippen LogP contribution is 2.18. The van der Waals surface area contributed by atoms with Crippen molar-refractivity contribution in [2.24, 2.45) is 0 Å². The summed E-state index contributed by atoms with van der Waals surface area (Å²) in [4.78, 5) is 13.8. The van der Waals surface area contributed by atoms with Gasteiger partial charge >= 0.3 is 0 Å². The fraction of sp³-hybridized carbons (Fsp3) is 0.533. The summed E-state index contributed by atoms with van der Waals surface area (Å²) in [6, 6.07) is 7.84. The number of carbonyl (C=O) groups excluding carboxylic acids is 1.